The third-order valence-electron chi connectivity index (χ3n) is 2.94. The molecule has 0 radical (unpaired) electrons. The van der Waals surface area contributed by atoms with E-state index in [0.717, 1.165) is 5.69 Å². The summed E-state index contributed by atoms with van der Waals surface area (Å²) in [5.74, 6) is -1.69. The lowest BCUT2D eigenvalue weighted by Gasteiger charge is -2.12. The van der Waals surface area contributed by atoms with Crippen LogP contribution in [0.5, 0.6) is 5.75 Å². The zero-order valence-electron chi connectivity index (χ0n) is 11.7. The lowest BCUT2D eigenvalue weighted by atomic mass is 10.2. The first-order chi connectivity index (χ1) is 9.99. The monoisotopic (exact) mass is 285 g/mol. The SMILES string of the molecule is CN(C)c1ccc(C(=O)Oc2ccccc2C(=O)O)cc1. The molecule has 0 aromatic heterocycles. The fraction of sp³-hybridized carbons (Fsp3) is 0.125. The van der Waals surface area contributed by atoms with Crippen LogP contribution in [-0.4, -0.2) is 31.1 Å². The molecule has 0 unspecified atom stereocenters. The number of para-hydroxylation sites is 1. The van der Waals surface area contributed by atoms with Crippen molar-refractivity contribution in [2.24, 2.45) is 0 Å². The molecule has 108 valence electrons. The first kappa shape index (κ1) is 14.6. The summed E-state index contributed by atoms with van der Waals surface area (Å²) in [6, 6.07) is 12.9. The van der Waals surface area contributed by atoms with E-state index in [-0.39, 0.29) is 11.3 Å². The third-order valence-corrected chi connectivity index (χ3v) is 2.94. The molecule has 0 heterocycles. The minimum absolute atomic E-state index is 0.0340. The number of anilines is 1. The molecule has 0 atom stereocenters. The van der Waals surface area contributed by atoms with E-state index >= 15 is 0 Å². The molecular weight excluding hydrogens is 270 g/mol. The predicted molar refractivity (Wildman–Crippen MR) is 79.1 cm³/mol. The molecule has 0 aliphatic heterocycles. The Bertz CT molecular complexity index is 662. The second-order valence-electron chi connectivity index (χ2n) is 4.63. The highest BCUT2D eigenvalue weighted by atomic mass is 16.5. The van der Waals surface area contributed by atoms with Gasteiger partial charge in [0, 0.05) is 19.8 Å². The Hall–Kier alpha value is -2.82. The molecule has 21 heavy (non-hydrogen) atoms. The molecular formula is C16H15NO4. The number of carboxylic acid groups (broad SMARTS) is 1. The number of nitrogens with zero attached hydrogens (tertiary/aromatic N) is 1. The van der Waals surface area contributed by atoms with Crippen LogP contribution in [0, 0.1) is 0 Å². The van der Waals surface area contributed by atoms with Crippen LogP contribution < -0.4 is 9.64 Å². The van der Waals surface area contributed by atoms with E-state index in [1.807, 2.05) is 19.0 Å². The van der Waals surface area contributed by atoms with Gasteiger partial charge in [0.15, 0.2) is 0 Å². The number of carboxylic acids is 1. The maximum Gasteiger partial charge on any atom is 0.343 e. The maximum absolute atomic E-state index is 12.0. The number of carbonyl (C=O) groups excluding carboxylic acids is 1. The topological polar surface area (TPSA) is 66.8 Å². The lowest BCUT2D eigenvalue weighted by Crippen LogP contribution is -2.12. The predicted octanol–water partition coefficient (Wildman–Crippen LogP) is 2.67. The Morgan fingerprint density at radius 2 is 1.62 bits per heavy atom. The number of hydrogen-bond donors (Lipinski definition) is 1. The van der Waals surface area contributed by atoms with Gasteiger partial charge < -0.3 is 14.7 Å². The van der Waals surface area contributed by atoms with Crippen molar-refractivity contribution in [2.45, 2.75) is 0 Å². The van der Waals surface area contributed by atoms with Crippen molar-refractivity contribution >= 4 is 17.6 Å². The number of ether oxygens (including phenoxy) is 1. The number of carbonyl (C=O) groups is 2. The second kappa shape index (κ2) is 6.09. The van der Waals surface area contributed by atoms with Crippen molar-refractivity contribution in [3.05, 3.63) is 59.7 Å². The van der Waals surface area contributed by atoms with Gasteiger partial charge in [-0.25, -0.2) is 9.59 Å². The molecule has 0 amide bonds. The molecule has 0 saturated carbocycles. The van der Waals surface area contributed by atoms with Crippen molar-refractivity contribution in [3.8, 4) is 5.75 Å². The molecule has 0 aliphatic carbocycles. The van der Waals surface area contributed by atoms with E-state index in [0.29, 0.717) is 5.56 Å². The van der Waals surface area contributed by atoms with Crippen LogP contribution in [0.15, 0.2) is 48.5 Å². The molecule has 2 aromatic carbocycles. The van der Waals surface area contributed by atoms with Crippen LogP contribution in [0.25, 0.3) is 0 Å². The van der Waals surface area contributed by atoms with Gasteiger partial charge in [0.25, 0.3) is 0 Å². The van der Waals surface area contributed by atoms with E-state index in [1.165, 1.54) is 12.1 Å². The van der Waals surface area contributed by atoms with Gasteiger partial charge in [-0.2, -0.15) is 0 Å². The standard InChI is InChI=1S/C16H15NO4/c1-17(2)12-9-7-11(8-10-12)16(20)21-14-6-4-3-5-13(14)15(18)19/h3-10H,1-2H3,(H,18,19). The van der Waals surface area contributed by atoms with Crippen LogP contribution in [0.2, 0.25) is 0 Å². The molecule has 5 heteroatoms. The first-order valence-corrected chi connectivity index (χ1v) is 6.31. The quantitative estimate of drug-likeness (QED) is 0.691. The van der Waals surface area contributed by atoms with Crippen LogP contribution in [0.1, 0.15) is 20.7 Å². The molecule has 1 N–H and O–H groups in total. The molecule has 2 aromatic rings. The van der Waals surface area contributed by atoms with Gasteiger partial charge in [-0.15, -0.1) is 0 Å². The van der Waals surface area contributed by atoms with E-state index in [4.69, 9.17) is 9.84 Å². The summed E-state index contributed by atoms with van der Waals surface area (Å²) in [6.07, 6.45) is 0. The average molecular weight is 285 g/mol. The summed E-state index contributed by atoms with van der Waals surface area (Å²) in [4.78, 5) is 25.0. The minimum Gasteiger partial charge on any atom is -0.478 e. The number of rotatable bonds is 4. The summed E-state index contributed by atoms with van der Waals surface area (Å²) in [5.41, 5.74) is 1.27. The van der Waals surface area contributed by atoms with E-state index in [1.54, 1.807) is 36.4 Å². The Labute approximate surface area is 122 Å². The van der Waals surface area contributed by atoms with Gasteiger partial charge in [0.2, 0.25) is 0 Å². The smallest absolute Gasteiger partial charge is 0.343 e. The first-order valence-electron chi connectivity index (χ1n) is 6.31. The van der Waals surface area contributed by atoms with Gasteiger partial charge in [-0.3, -0.25) is 0 Å². The molecule has 0 aliphatic rings. The van der Waals surface area contributed by atoms with E-state index in [9.17, 15) is 9.59 Å². The lowest BCUT2D eigenvalue weighted by molar-refractivity contribution is 0.0681. The third kappa shape index (κ3) is 3.39. The van der Waals surface area contributed by atoms with Gasteiger partial charge in [0.05, 0.1) is 5.56 Å². The van der Waals surface area contributed by atoms with Gasteiger partial charge in [-0.1, -0.05) is 12.1 Å². The molecule has 2 rings (SSSR count). The van der Waals surface area contributed by atoms with Crippen molar-refractivity contribution < 1.29 is 19.4 Å². The van der Waals surface area contributed by atoms with Crippen molar-refractivity contribution in [1.82, 2.24) is 0 Å². The summed E-state index contributed by atoms with van der Waals surface area (Å²) in [7, 11) is 3.80. The van der Waals surface area contributed by atoms with Crippen LogP contribution >= 0.6 is 0 Å². The highest BCUT2D eigenvalue weighted by Gasteiger charge is 2.15. The normalized spacial score (nSPS) is 10.0. The average Bonchev–Trinajstić information content (AvgIpc) is 2.47. The van der Waals surface area contributed by atoms with Gasteiger partial charge in [0.1, 0.15) is 11.3 Å². The van der Waals surface area contributed by atoms with Crippen molar-refractivity contribution in [2.75, 3.05) is 19.0 Å². The summed E-state index contributed by atoms with van der Waals surface area (Å²) in [6.45, 7) is 0. The molecule has 0 fully saturated rings. The zero-order chi connectivity index (χ0) is 15.4. The van der Waals surface area contributed by atoms with Gasteiger partial charge >= 0.3 is 11.9 Å². The summed E-state index contributed by atoms with van der Waals surface area (Å²) in [5, 5.41) is 9.05. The van der Waals surface area contributed by atoms with Crippen LogP contribution in [-0.2, 0) is 0 Å². The Morgan fingerprint density at radius 1 is 1.00 bits per heavy atom. The Morgan fingerprint density at radius 3 is 2.19 bits per heavy atom. The van der Waals surface area contributed by atoms with Crippen LogP contribution in [0.3, 0.4) is 0 Å². The van der Waals surface area contributed by atoms with Crippen molar-refractivity contribution in [3.63, 3.8) is 0 Å². The molecule has 0 saturated heterocycles. The number of aromatic carboxylic acids is 1. The van der Waals surface area contributed by atoms with Crippen LogP contribution in [0.4, 0.5) is 5.69 Å². The highest BCUT2D eigenvalue weighted by molar-refractivity contribution is 5.95. The van der Waals surface area contributed by atoms with E-state index < -0.39 is 11.9 Å². The fourth-order valence-electron chi connectivity index (χ4n) is 1.79. The Kier molecular flexibility index (Phi) is 4.23. The fourth-order valence-corrected chi connectivity index (χ4v) is 1.79. The molecule has 0 spiro atoms. The van der Waals surface area contributed by atoms with Crippen molar-refractivity contribution in [1.29, 1.82) is 0 Å². The summed E-state index contributed by atoms with van der Waals surface area (Å²) >= 11 is 0. The highest BCUT2D eigenvalue weighted by Crippen LogP contribution is 2.20. The largest absolute Gasteiger partial charge is 0.478 e. The molecule has 5 nitrogen and oxygen atoms in total. The maximum atomic E-state index is 12.0. The zero-order valence-corrected chi connectivity index (χ0v) is 11.7. The summed E-state index contributed by atoms with van der Waals surface area (Å²) < 4.78 is 5.16. The number of benzene rings is 2. The number of hydrogen-bond acceptors (Lipinski definition) is 4. The van der Waals surface area contributed by atoms with E-state index in [2.05, 4.69) is 0 Å². The number of esters is 1. The Balaban J connectivity index is 2.20. The van der Waals surface area contributed by atoms with Gasteiger partial charge in [-0.05, 0) is 36.4 Å². The molecule has 0 bridgehead atoms. The minimum atomic E-state index is -1.14. The second-order valence-corrected chi connectivity index (χ2v) is 4.63.